The highest BCUT2D eigenvalue weighted by atomic mass is 127. The van der Waals surface area contributed by atoms with Crippen LogP contribution in [0.1, 0.15) is 57.6 Å². The Bertz CT molecular complexity index is 618. The van der Waals surface area contributed by atoms with Crippen molar-refractivity contribution >= 4 is 35.8 Å². The highest BCUT2D eigenvalue weighted by molar-refractivity contribution is 14.0. The fraction of sp³-hybridized carbons (Fsp3) is 0.619. The number of rotatable bonds is 8. The molecule has 1 heterocycles. The number of amides is 1. The number of carbonyl (C=O) groups is 1. The first-order chi connectivity index (χ1) is 12.5. The largest absolute Gasteiger partial charge is 0.354 e. The van der Waals surface area contributed by atoms with Crippen LogP contribution >= 0.6 is 24.0 Å². The van der Waals surface area contributed by atoms with Crippen molar-refractivity contribution in [2.45, 2.75) is 65.6 Å². The van der Waals surface area contributed by atoms with E-state index >= 15 is 0 Å². The summed E-state index contributed by atoms with van der Waals surface area (Å²) in [6.07, 6.45) is 4.00. The first-order valence-corrected chi connectivity index (χ1v) is 9.81. The second-order valence-electron chi connectivity index (χ2n) is 7.63. The van der Waals surface area contributed by atoms with E-state index in [2.05, 4.69) is 48.5 Å². The molecule has 1 aromatic carbocycles. The van der Waals surface area contributed by atoms with Gasteiger partial charge in [0.15, 0.2) is 5.96 Å². The summed E-state index contributed by atoms with van der Waals surface area (Å²) < 4.78 is 0. The number of aliphatic imine (C=N–C) groups is 1. The number of hydrogen-bond donors (Lipinski definition) is 2. The summed E-state index contributed by atoms with van der Waals surface area (Å²) in [5, 5.41) is 6.88. The summed E-state index contributed by atoms with van der Waals surface area (Å²) in [5.41, 5.74) is 2.42. The molecule has 0 saturated carbocycles. The van der Waals surface area contributed by atoms with Gasteiger partial charge in [0.05, 0.1) is 0 Å². The monoisotopic (exact) mass is 486 g/mol. The van der Waals surface area contributed by atoms with Crippen LogP contribution in [0.5, 0.6) is 0 Å². The Morgan fingerprint density at radius 3 is 2.48 bits per heavy atom. The lowest BCUT2D eigenvalue weighted by Crippen LogP contribution is -2.42. The molecular weight excluding hydrogens is 451 g/mol. The zero-order chi connectivity index (χ0) is 18.9. The van der Waals surface area contributed by atoms with Crippen LogP contribution in [-0.4, -0.2) is 36.4 Å². The Morgan fingerprint density at radius 1 is 1.19 bits per heavy atom. The zero-order valence-electron chi connectivity index (χ0n) is 17.1. The molecule has 5 nitrogen and oxygen atoms in total. The topological polar surface area (TPSA) is 56.7 Å². The molecule has 0 bridgehead atoms. The third-order valence-electron chi connectivity index (χ3n) is 4.88. The minimum atomic E-state index is 0. The molecule has 1 unspecified atom stereocenters. The van der Waals surface area contributed by atoms with Gasteiger partial charge in [-0.15, -0.1) is 24.0 Å². The predicted octanol–water partition coefficient (Wildman–Crippen LogP) is 3.92. The van der Waals surface area contributed by atoms with Crippen molar-refractivity contribution in [3.63, 3.8) is 0 Å². The van der Waals surface area contributed by atoms with Crippen molar-refractivity contribution in [2.24, 2.45) is 10.9 Å². The molecule has 1 amide bonds. The van der Waals surface area contributed by atoms with Crippen molar-refractivity contribution in [1.82, 2.24) is 15.5 Å². The summed E-state index contributed by atoms with van der Waals surface area (Å²) in [7, 11) is 1.80. The van der Waals surface area contributed by atoms with E-state index in [9.17, 15) is 4.79 Å². The van der Waals surface area contributed by atoms with Gasteiger partial charge >= 0.3 is 0 Å². The number of halogens is 1. The fourth-order valence-electron chi connectivity index (χ4n) is 3.22. The number of likely N-dealkylation sites (tertiary alicyclic amines) is 1. The molecule has 27 heavy (non-hydrogen) atoms. The lowest BCUT2D eigenvalue weighted by molar-refractivity contribution is -0.128. The van der Waals surface area contributed by atoms with Gasteiger partial charge in [-0.1, -0.05) is 38.1 Å². The van der Waals surface area contributed by atoms with Gasteiger partial charge in [-0.25, -0.2) is 0 Å². The smallest absolute Gasteiger partial charge is 0.222 e. The molecule has 1 aliphatic heterocycles. The average Bonchev–Trinajstić information content (AvgIpc) is 3.02. The van der Waals surface area contributed by atoms with E-state index in [0.717, 1.165) is 31.3 Å². The molecule has 0 spiro atoms. The second kappa shape index (κ2) is 12.2. The maximum Gasteiger partial charge on any atom is 0.222 e. The van der Waals surface area contributed by atoms with E-state index in [1.807, 2.05) is 17.0 Å². The zero-order valence-corrected chi connectivity index (χ0v) is 19.5. The first kappa shape index (κ1) is 23.7. The van der Waals surface area contributed by atoms with Crippen LogP contribution in [0.25, 0.3) is 0 Å². The first-order valence-electron chi connectivity index (χ1n) is 9.81. The molecule has 0 aromatic heterocycles. The summed E-state index contributed by atoms with van der Waals surface area (Å²) in [4.78, 5) is 18.2. The summed E-state index contributed by atoms with van der Waals surface area (Å²) in [6, 6.07) is 8.72. The third-order valence-corrected chi connectivity index (χ3v) is 4.88. The van der Waals surface area contributed by atoms with E-state index in [1.165, 1.54) is 17.5 Å². The number of guanidine groups is 1. The summed E-state index contributed by atoms with van der Waals surface area (Å²) in [5.74, 6) is 1.81. The van der Waals surface area contributed by atoms with Crippen molar-refractivity contribution in [2.75, 3.05) is 13.6 Å². The Labute approximate surface area is 181 Å². The van der Waals surface area contributed by atoms with E-state index in [4.69, 9.17) is 0 Å². The highest BCUT2D eigenvalue weighted by Crippen LogP contribution is 2.17. The number of carbonyl (C=O) groups excluding carboxylic acids is 1. The Hall–Kier alpha value is -1.31. The SMILES string of the molecule is CN=C(NCc1ccccc1CN1CCCC1=O)NC(C)CCC(C)C.I. The van der Waals surface area contributed by atoms with Crippen molar-refractivity contribution in [3.8, 4) is 0 Å². The van der Waals surface area contributed by atoms with Crippen molar-refractivity contribution in [1.29, 1.82) is 0 Å². The highest BCUT2D eigenvalue weighted by Gasteiger charge is 2.20. The van der Waals surface area contributed by atoms with E-state index in [0.29, 0.717) is 25.6 Å². The molecule has 0 aliphatic carbocycles. The number of nitrogens with zero attached hydrogens (tertiary/aromatic N) is 2. The Balaban J connectivity index is 0.00000364. The van der Waals surface area contributed by atoms with E-state index in [1.54, 1.807) is 7.05 Å². The second-order valence-corrected chi connectivity index (χ2v) is 7.63. The van der Waals surface area contributed by atoms with Gasteiger partial charge in [0, 0.05) is 39.1 Å². The van der Waals surface area contributed by atoms with E-state index in [-0.39, 0.29) is 29.9 Å². The molecule has 1 aromatic rings. The molecular formula is C21H35IN4O. The molecule has 0 radical (unpaired) electrons. The predicted molar refractivity (Wildman–Crippen MR) is 123 cm³/mol. The number of hydrogen-bond acceptors (Lipinski definition) is 2. The molecule has 1 fully saturated rings. The maximum absolute atomic E-state index is 11.9. The molecule has 152 valence electrons. The normalized spacial score (nSPS) is 15.7. The van der Waals surface area contributed by atoms with Gasteiger partial charge in [0.2, 0.25) is 5.91 Å². The molecule has 1 atom stereocenters. The quantitative estimate of drug-likeness (QED) is 0.333. The molecule has 6 heteroatoms. The van der Waals surface area contributed by atoms with Crippen LogP contribution in [0.15, 0.2) is 29.3 Å². The lowest BCUT2D eigenvalue weighted by Gasteiger charge is -2.21. The minimum absolute atomic E-state index is 0. The van der Waals surface area contributed by atoms with Gasteiger partial charge in [-0.05, 0) is 43.2 Å². The van der Waals surface area contributed by atoms with Gasteiger partial charge in [0.1, 0.15) is 0 Å². The number of nitrogens with one attached hydrogen (secondary N) is 2. The van der Waals surface area contributed by atoms with Crippen LogP contribution in [0.3, 0.4) is 0 Å². The summed E-state index contributed by atoms with van der Waals surface area (Å²) in [6.45, 7) is 8.98. The van der Waals surface area contributed by atoms with Crippen LogP contribution < -0.4 is 10.6 Å². The molecule has 1 aliphatic rings. The number of benzene rings is 1. The van der Waals surface area contributed by atoms with Gasteiger partial charge in [-0.3, -0.25) is 9.79 Å². The molecule has 2 N–H and O–H groups in total. The molecule has 1 saturated heterocycles. The van der Waals surface area contributed by atoms with Gasteiger partial charge in [0.25, 0.3) is 0 Å². The standard InChI is InChI=1S/C21H34N4O.HI/c1-16(2)11-12-17(3)24-21(22-4)23-14-18-8-5-6-9-19(18)15-25-13-7-10-20(25)26;/h5-6,8-9,16-17H,7,10-15H2,1-4H3,(H2,22,23,24);1H. The van der Waals surface area contributed by atoms with Crippen LogP contribution in [-0.2, 0) is 17.9 Å². The Morgan fingerprint density at radius 2 is 1.89 bits per heavy atom. The van der Waals surface area contributed by atoms with Gasteiger partial charge < -0.3 is 15.5 Å². The fourth-order valence-corrected chi connectivity index (χ4v) is 3.22. The third kappa shape index (κ3) is 8.07. The lowest BCUT2D eigenvalue weighted by atomic mass is 10.0. The van der Waals surface area contributed by atoms with Gasteiger partial charge in [-0.2, -0.15) is 0 Å². The average molecular weight is 486 g/mol. The van der Waals surface area contributed by atoms with Crippen LogP contribution in [0.4, 0.5) is 0 Å². The Kier molecular flexibility index (Phi) is 10.7. The summed E-state index contributed by atoms with van der Waals surface area (Å²) >= 11 is 0. The van der Waals surface area contributed by atoms with Crippen molar-refractivity contribution in [3.05, 3.63) is 35.4 Å². The van der Waals surface area contributed by atoms with Crippen LogP contribution in [0.2, 0.25) is 0 Å². The molecule has 2 rings (SSSR count). The maximum atomic E-state index is 11.9. The minimum Gasteiger partial charge on any atom is -0.354 e. The van der Waals surface area contributed by atoms with Crippen LogP contribution in [0, 0.1) is 5.92 Å². The van der Waals surface area contributed by atoms with E-state index < -0.39 is 0 Å². The van der Waals surface area contributed by atoms with Crippen molar-refractivity contribution < 1.29 is 4.79 Å².